The van der Waals surface area contributed by atoms with Crippen LogP contribution in [0.3, 0.4) is 0 Å². The summed E-state index contributed by atoms with van der Waals surface area (Å²) in [5.41, 5.74) is -0.560. The second-order valence-electron chi connectivity index (χ2n) is 6.76. The van der Waals surface area contributed by atoms with Crippen molar-refractivity contribution in [2.24, 2.45) is 5.92 Å². The van der Waals surface area contributed by atoms with Gasteiger partial charge in [-0.15, -0.1) is 0 Å². The molecule has 1 amide bonds. The number of hydrogen-bond acceptors (Lipinski definition) is 5. The van der Waals surface area contributed by atoms with Crippen LogP contribution in [0.5, 0.6) is 0 Å². The van der Waals surface area contributed by atoms with Crippen molar-refractivity contribution < 1.29 is 19.1 Å². The lowest BCUT2D eigenvalue weighted by atomic mass is 10.1. The van der Waals surface area contributed by atoms with Crippen LogP contribution >= 0.6 is 11.8 Å². The average Bonchev–Trinajstić information content (AvgIpc) is 2.72. The summed E-state index contributed by atoms with van der Waals surface area (Å²) in [6.07, 6.45) is 1.82. The Morgan fingerprint density at radius 2 is 2.05 bits per heavy atom. The second kappa shape index (κ2) is 7.99. The average molecular weight is 329 g/mol. The van der Waals surface area contributed by atoms with Crippen molar-refractivity contribution in [3.05, 3.63) is 0 Å². The number of nitrogens with zero attached hydrogens (tertiary/aromatic N) is 1. The molecule has 1 heterocycles. The first kappa shape index (κ1) is 19.0. The van der Waals surface area contributed by atoms with Crippen molar-refractivity contribution >= 4 is 28.8 Å². The Morgan fingerprint density at radius 1 is 1.41 bits per heavy atom. The Balaban J connectivity index is 2.72. The molecule has 126 valence electrons. The molecule has 1 rings (SSSR count). The Hall–Kier alpha value is -1.04. The predicted molar refractivity (Wildman–Crippen MR) is 87.5 cm³/mol. The van der Waals surface area contributed by atoms with Crippen LogP contribution in [0.2, 0.25) is 0 Å². The van der Waals surface area contributed by atoms with Crippen LogP contribution < -0.4 is 0 Å². The monoisotopic (exact) mass is 329 g/mol. The first-order valence-corrected chi connectivity index (χ1v) is 8.78. The standard InChI is InChI=1S/C16H27NO4S/c1-6-7-13(15(20)21-16(3,4)5)17-9-12(8-14(17)19)10-22-11(2)18/h12-13H,6-10H2,1-5H3. The van der Waals surface area contributed by atoms with Gasteiger partial charge < -0.3 is 9.64 Å². The summed E-state index contributed by atoms with van der Waals surface area (Å²) in [5.74, 6) is 0.411. The van der Waals surface area contributed by atoms with Crippen molar-refractivity contribution in [3.63, 3.8) is 0 Å². The molecule has 0 radical (unpaired) electrons. The quantitative estimate of drug-likeness (QED) is 0.701. The lowest BCUT2D eigenvalue weighted by Gasteiger charge is -2.29. The van der Waals surface area contributed by atoms with E-state index < -0.39 is 11.6 Å². The minimum absolute atomic E-state index is 0.0153. The Bertz CT molecular complexity index is 430. The van der Waals surface area contributed by atoms with E-state index in [4.69, 9.17) is 4.74 Å². The van der Waals surface area contributed by atoms with E-state index >= 15 is 0 Å². The van der Waals surface area contributed by atoms with E-state index in [1.165, 1.54) is 18.7 Å². The summed E-state index contributed by atoms with van der Waals surface area (Å²) in [4.78, 5) is 37.3. The van der Waals surface area contributed by atoms with Crippen LogP contribution in [0.15, 0.2) is 0 Å². The Morgan fingerprint density at radius 3 is 2.55 bits per heavy atom. The van der Waals surface area contributed by atoms with E-state index in [-0.39, 0.29) is 22.9 Å². The minimum Gasteiger partial charge on any atom is -0.458 e. The molecule has 1 aliphatic rings. The van der Waals surface area contributed by atoms with E-state index in [9.17, 15) is 14.4 Å². The third-order valence-electron chi connectivity index (χ3n) is 3.38. The molecule has 0 saturated carbocycles. The molecule has 1 saturated heterocycles. The molecule has 0 aliphatic carbocycles. The van der Waals surface area contributed by atoms with Crippen LogP contribution in [-0.2, 0) is 19.1 Å². The van der Waals surface area contributed by atoms with E-state index in [0.29, 0.717) is 25.1 Å². The van der Waals surface area contributed by atoms with Crippen molar-refractivity contribution in [1.82, 2.24) is 4.90 Å². The zero-order chi connectivity index (χ0) is 16.9. The van der Waals surface area contributed by atoms with E-state index in [1.54, 1.807) is 4.90 Å². The van der Waals surface area contributed by atoms with Crippen molar-refractivity contribution in [3.8, 4) is 0 Å². The van der Waals surface area contributed by atoms with Gasteiger partial charge in [0.2, 0.25) is 5.91 Å². The summed E-state index contributed by atoms with van der Waals surface area (Å²) in [6.45, 7) is 9.52. The number of esters is 1. The van der Waals surface area contributed by atoms with Crippen molar-refractivity contribution in [2.45, 2.75) is 65.5 Å². The van der Waals surface area contributed by atoms with Crippen LogP contribution in [0, 0.1) is 5.92 Å². The number of likely N-dealkylation sites (tertiary alicyclic amines) is 1. The van der Waals surface area contributed by atoms with Gasteiger partial charge in [-0.2, -0.15) is 0 Å². The molecule has 22 heavy (non-hydrogen) atoms. The largest absolute Gasteiger partial charge is 0.458 e. The molecule has 1 aliphatic heterocycles. The van der Waals surface area contributed by atoms with Crippen LogP contribution in [0.25, 0.3) is 0 Å². The highest BCUT2D eigenvalue weighted by atomic mass is 32.2. The fourth-order valence-electron chi connectivity index (χ4n) is 2.50. The lowest BCUT2D eigenvalue weighted by molar-refractivity contribution is -0.164. The van der Waals surface area contributed by atoms with Crippen LogP contribution in [0.1, 0.15) is 53.9 Å². The number of amides is 1. The molecule has 0 aromatic rings. The van der Waals surface area contributed by atoms with Crippen LogP contribution in [-0.4, -0.2) is 45.8 Å². The molecule has 0 bridgehead atoms. The molecule has 0 spiro atoms. The lowest BCUT2D eigenvalue weighted by Crippen LogP contribution is -2.45. The number of carbonyl (C=O) groups excluding carboxylic acids is 3. The summed E-state index contributed by atoms with van der Waals surface area (Å²) < 4.78 is 5.45. The van der Waals surface area contributed by atoms with Gasteiger partial charge in [-0.25, -0.2) is 4.79 Å². The minimum atomic E-state index is -0.560. The number of hydrogen-bond donors (Lipinski definition) is 0. The van der Waals surface area contributed by atoms with Gasteiger partial charge >= 0.3 is 5.97 Å². The molecular weight excluding hydrogens is 302 g/mol. The predicted octanol–water partition coefficient (Wildman–Crippen LogP) is 2.63. The summed E-state index contributed by atoms with van der Waals surface area (Å²) in [7, 11) is 0. The molecule has 6 heteroatoms. The molecule has 2 atom stereocenters. The summed E-state index contributed by atoms with van der Waals surface area (Å²) >= 11 is 1.24. The van der Waals surface area contributed by atoms with E-state index in [2.05, 4.69) is 0 Å². The topological polar surface area (TPSA) is 63.7 Å². The number of carbonyl (C=O) groups is 3. The normalized spacial score (nSPS) is 20.1. The van der Waals surface area contributed by atoms with E-state index in [0.717, 1.165) is 6.42 Å². The van der Waals surface area contributed by atoms with Gasteiger partial charge in [-0.05, 0) is 33.1 Å². The molecule has 5 nitrogen and oxygen atoms in total. The highest BCUT2D eigenvalue weighted by molar-refractivity contribution is 8.13. The van der Waals surface area contributed by atoms with Gasteiger partial charge in [0, 0.05) is 25.6 Å². The highest BCUT2D eigenvalue weighted by Crippen LogP contribution is 2.26. The molecule has 0 aromatic carbocycles. The maximum Gasteiger partial charge on any atom is 0.329 e. The third kappa shape index (κ3) is 5.99. The summed E-state index contributed by atoms with van der Waals surface area (Å²) in [6, 6.07) is -0.510. The molecule has 0 aromatic heterocycles. The van der Waals surface area contributed by atoms with Crippen molar-refractivity contribution in [2.75, 3.05) is 12.3 Å². The Kier molecular flexibility index (Phi) is 6.91. The molecule has 2 unspecified atom stereocenters. The van der Waals surface area contributed by atoms with Crippen molar-refractivity contribution in [1.29, 1.82) is 0 Å². The van der Waals surface area contributed by atoms with Gasteiger partial charge in [0.05, 0.1) is 0 Å². The summed E-state index contributed by atoms with van der Waals surface area (Å²) in [5, 5.41) is 0.0585. The number of rotatable bonds is 6. The zero-order valence-corrected chi connectivity index (χ0v) is 15.0. The SMILES string of the molecule is CCCC(C(=O)OC(C)(C)C)N1CC(CSC(C)=O)CC1=O. The van der Waals surface area contributed by atoms with Gasteiger partial charge in [-0.3, -0.25) is 9.59 Å². The first-order valence-electron chi connectivity index (χ1n) is 7.79. The fraction of sp³-hybridized carbons (Fsp3) is 0.812. The maximum absolute atomic E-state index is 12.4. The van der Waals surface area contributed by atoms with Gasteiger partial charge in [0.15, 0.2) is 5.12 Å². The number of ether oxygens (including phenoxy) is 1. The zero-order valence-electron chi connectivity index (χ0n) is 14.2. The first-order chi connectivity index (χ1) is 10.1. The third-order valence-corrected chi connectivity index (χ3v) is 4.42. The van der Waals surface area contributed by atoms with E-state index in [1.807, 2.05) is 27.7 Å². The fourth-order valence-corrected chi connectivity index (χ4v) is 3.19. The van der Waals surface area contributed by atoms with Gasteiger partial charge in [-0.1, -0.05) is 25.1 Å². The molecule has 1 fully saturated rings. The van der Waals surface area contributed by atoms with Gasteiger partial charge in [0.25, 0.3) is 0 Å². The molecule has 0 N–H and O–H groups in total. The Labute approximate surface area is 137 Å². The van der Waals surface area contributed by atoms with Crippen LogP contribution in [0.4, 0.5) is 0 Å². The maximum atomic E-state index is 12.4. The second-order valence-corrected chi connectivity index (χ2v) is 7.95. The molecular formula is C16H27NO4S. The highest BCUT2D eigenvalue weighted by Gasteiger charge is 2.38. The number of thioether (sulfide) groups is 1. The smallest absolute Gasteiger partial charge is 0.329 e. The van der Waals surface area contributed by atoms with Gasteiger partial charge in [0.1, 0.15) is 11.6 Å².